The largest absolute Gasteiger partial charge is 0.503 e. The first-order chi connectivity index (χ1) is 17.1. The Balaban J connectivity index is 1.57. The molecular formula is C26H16BrF3N2O4. The summed E-state index contributed by atoms with van der Waals surface area (Å²) in [7, 11) is 0. The Morgan fingerprint density at radius 3 is 2.56 bits per heavy atom. The van der Waals surface area contributed by atoms with Crippen LogP contribution in [-0.4, -0.2) is 26.7 Å². The first-order valence-electron chi connectivity index (χ1n) is 10.7. The fourth-order valence-electron chi connectivity index (χ4n) is 4.24. The zero-order valence-corrected chi connectivity index (χ0v) is 19.9. The highest BCUT2D eigenvalue weighted by atomic mass is 79.9. The van der Waals surface area contributed by atoms with Crippen LogP contribution in [0.5, 0.6) is 0 Å². The molecule has 0 spiro atoms. The second-order valence-corrected chi connectivity index (χ2v) is 9.11. The second-order valence-electron chi connectivity index (χ2n) is 8.20. The van der Waals surface area contributed by atoms with Crippen molar-refractivity contribution in [1.82, 2.24) is 9.88 Å². The molecule has 0 saturated carbocycles. The summed E-state index contributed by atoms with van der Waals surface area (Å²) in [5.74, 6) is -2.45. The lowest BCUT2D eigenvalue weighted by Gasteiger charge is -2.27. The predicted octanol–water partition coefficient (Wildman–Crippen LogP) is 6.39. The minimum absolute atomic E-state index is 0.0857. The quantitative estimate of drug-likeness (QED) is 0.288. The minimum atomic E-state index is -4.56. The van der Waals surface area contributed by atoms with Gasteiger partial charge < -0.3 is 14.4 Å². The van der Waals surface area contributed by atoms with Crippen LogP contribution in [0.3, 0.4) is 0 Å². The van der Waals surface area contributed by atoms with Crippen molar-refractivity contribution in [3.8, 4) is 0 Å². The van der Waals surface area contributed by atoms with Crippen molar-refractivity contribution in [2.24, 2.45) is 0 Å². The number of hydrogen-bond acceptors (Lipinski definition) is 5. The number of amides is 1. The highest BCUT2D eigenvalue weighted by Gasteiger charge is 2.44. The highest BCUT2D eigenvalue weighted by molar-refractivity contribution is 9.10. The van der Waals surface area contributed by atoms with Gasteiger partial charge in [-0.1, -0.05) is 28.1 Å². The molecule has 0 fully saturated rings. The van der Waals surface area contributed by atoms with Crippen LogP contribution < -0.4 is 0 Å². The van der Waals surface area contributed by atoms with Gasteiger partial charge >= 0.3 is 6.18 Å². The van der Waals surface area contributed by atoms with Gasteiger partial charge in [0.2, 0.25) is 5.78 Å². The summed E-state index contributed by atoms with van der Waals surface area (Å²) in [5.41, 5.74) is -0.0125. The number of aromatic nitrogens is 1. The maximum Gasteiger partial charge on any atom is 0.416 e. The smallest absolute Gasteiger partial charge is 0.416 e. The normalized spacial score (nSPS) is 16.3. The molecule has 0 radical (unpaired) electrons. The third-order valence-corrected chi connectivity index (χ3v) is 6.37. The fraction of sp³-hybridized carbons (Fsp3) is 0.115. The summed E-state index contributed by atoms with van der Waals surface area (Å²) in [6.07, 6.45) is -1.65. The maximum atomic E-state index is 13.6. The Bertz CT molecular complexity index is 1530. The lowest BCUT2D eigenvalue weighted by Crippen LogP contribution is -2.30. The molecule has 182 valence electrons. The summed E-state index contributed by atoms with van der Waals surface area (Å²) in [6.45, 7) is -0.274. The lowest BCUT2D eigenvalue weighted by molar-refractivity contribution is -0.137. The Labute approximate surface area is 210 Å². The summed E-state index contributed by atoms with van der Waals surface area (Å²) >= 11 is 3.36. The highest BCUT2D eigenvalue weighted by Crippen LogP contribution is 2.41. The molecular weight excluding hydrogens is 541 g/mol. The summed E-state index contributed by atoms with van der Waals surface area (Å²) in [6, 6.07) is 13.3. The maximum absolute atomic E-state index is 13.6. The van der Waals surface area contributed by atoms with Gasteiger partial charge in [-0.2, -0.15) is 13.2 Å². The number of nitrogens with zero attached hydrogens (tertiary/aromatic N) is 2. The number of carbonyl (C=O) groups excluding carboxylic acids is 2. The average molecular weight is 557 g/mol. The Morgan fingerprint density at radius 1 is 1.08 bits per heavy atom. The molecule has 3 heterocycles. The second kappa shape index (κ2) is 8.94. The Morgan fingerprint density at radius 2 is 1.83 bits per heavy atom. The molecule has 1 atom stereocenters. The molecule has 0 bridgehead atoms. The summed E-state index contributed by atoms with van der Waals surface area (Å²) in [5, 5.41) is 11.4. The molecule has 36 heavy (non-hydrogen) atoms. The van der Waals surface area contributed by atoms with Crippen LogP contribution in [0.1, 0.15) is 33.3 Å². The zero-order chi connectivity index (χ0) is 25.6. The van der Waals surface area contributed by atoms with E-state index < -0.39 is 35.2 Å². The van der Waals surface area contributed by atoms with Gasteiger partial charge in [-0.25, -0.2) is 0 Å². The van der Waals surface area contributed by atoms with Gasteiger partial charge in [-0.05, 0) is 59.7 Å². The zero-order valence-electron chi connectivity index (χ0n) is 18.3. The van der Waals surface area contributed by atoms with E-state index in [-0.39, 0.29) is 23.4 Å². The number of fused-ring (bicyclic) bond motifs is 1. The van der Waals surface area contributed by atoms with Crippen molar-refractivity contribution in [2.75, 3.05) is 0 Å². The van der Waals surface area contributed by atoms with Crippen molar-refractivity contribution < 1.29 is 32.3 Å². The van der Waals surface area contributed by atoms with Gasteiger partial charge in [0.15, 0.2) is 11.5 Å². The Hall–Kier alpha value is -3.92. The standard InChI is InChI=1S/C26H16BrF3N2O4/c27-18-4-5-19-16(11-18)12-20(36-19)23(33)21-22(15-6-8-31-9-7-15)32(25(35)24(21)34)13-14-2-1-3-17(10-14)26(28,29)30/h1-12,22,34H,13H2. The average Bonchev–Trinajstić information content (AvgIpc) is 3.38. The van der Waals surface area contributed by atoms with Crippen LogP contribution in [0.4, 0.5) is 13.2 Å². The molecule has 0 aliphatic carbocycles. The fourth-order valence-corrected chi connectivity index (χ4v) is 4.62. The number of alkyl halides is 3. The number of rotatable bonds is 5. The predicted molar refractivity (Wildman–Crippen MR) is 127 cm³/mol. The van der Waals surface area contributed by atoms with Gasteiger partial charge in [-0.15, -0.1) is 0 Å². The molecule has 1 aliphatic rings. The number of ketones is 1. The Kier molecular flexibility index (Phi) is 5.91. The molecule has 10 heteroatoms. The van der Waals surface area contributed by atoms with E-state index >= 15 is 0 Å². The molecule has 4 aromatic rings. The monoisotopic (exact) mass is 556 g/mol. The number of aliphatic hydroxyl groups excluding tert-OH is 1. The number of aliphatic hydroxyl groups is 1. The van der Waals surface area contributed by atoms with E-state index in [1.807, 2.05) is 0 Å². The van der Waals surface area contributed by atoms with Gasteiger partial charge in [0, 0.05) is 28.8 Å². The number of halogens is 4. The molecule has 1 aliphatic heterocycles. The molecule has 6 nitrogen and oxygen atoms in total. The molecule has 2 aromatic heterocycles. The van der Waals surface area contributed by atoms with Gasteiger partial charge in [0.25, 0.3) is 5.91 Å². The number of Topliss-reactive ketones (excluding diaryl/α,β-unsaturated/α-hetero) is 1. The van der Waals surface area contributed by atoms with Gasteiger partial charge in [0.05, 0.1) is 17.2 Å². The van der Waals surface area contributed by atoms with E-state index in [0.717, 1.165) is 21.5 Å². The lowest BCUT2D eigenvalue weighted by atomic mass is 9.95. The molecule has 1 unspecified atom stereocenters. The van der Waals surface area contributed by atoms with Crippen molar-refractivity contribution in [2.45, 2.75) is 18.8 Å². The third kappa shape index (κ3) is 4.28. The summed E-state index contributed by atoms with van der Waals surface area (Å²) in [4.78, 5) is 31.8. The first-order valence-corrected chi connectivity index (χ1v) is 11.5. The van der Waals surface area contributed by atoms with Crippen molar-refractivity contribution in [1.29, 1.82) is 0 Å². The van der Waals surface area contributed by atoms with E-state index in [2.05, 4.69) is 20.9 Å². The summed E-state index contributed by atoms with van der Waals surface area (Å²) < 4.78 is 46.2. The van der Waals surface area contributed by atoms with Gasteiger partial charge in [-0.3, -0.25) is 14.6 Å². The van der Waals surface area contributed by atoms with Crippen LogP contribution >= 0.6 is 15.9 Å². The molecule has 2 aromatic carbocycles. The molecule has 1 amide bonds. The minimum Gasteiger partial charge on any atom is -0.503 e. The number of pyridine rings is 1. The van der Waals surface area contributed by atoms with Gasteiger partial charge in [0.1, 0.15) is 5.58 Å². The number of hydrogen-bond donors (Lipinski definition) is 1. The van der Waals surface area contributed by atoms with Crippen LogP contribution in [-0.2, 0) is 17.5 Å². The molecule has 1 N–H and O–H groups in total. The van der Waals surface area contributed by atoms with Crippen molar-refractivity contribution in [3.63, 3.8) is 0 Å². The van der Waals surface area contributed by atoms with Crippen molar-refractivity contribution in [3.05, 3.63) is 111 Å². The van der Waals surface area contributed by atoms with E-state index in [9.17, 15) is 27.9 Å². The van der Waals surface area contributed by atoms with E-state index in [4.69, 9.17) is 4.42 Å². The first kappa shape index (κ1) is 23.8. The van der Waals surface area contributed by atoms with Crippen LogP contribution in [0, 0.1) is 0 Å². The van der Waals surface area contributed by atoms with E-state index in [1.165, 1.54) is 30.6 Å². The van der Waals surface area contributed by atoms with E-state index in [1.54, 1.807) is 30.3 Å². The molecule has 5 rings (SSSR count). The SMILES string of the molecule is O=C(C1=C(O)C(=O)N(Cc2cccc(C(F)(F)F)c2)C1c1ccncc1)c1cc2cc(Br)ccc2o1. The van der Waals surface area contributed by atoms with Crippen molar-refractivity contribution >= 4 is 38.6 Å². The van der Waals surface area contributed by atoms with Crippen LogP contribution in [0.25, 0.3) is 11.0 Å². The van der Waals surface area contributed by atoms with Crippen LogP contribution in [0.2, 0.25) is 0 Å². The van der Waals surface area contributed by atoms with E-state index in [0.29, 0.717) is 16.5 Å². The number of benzene rings is 2. The van der Waals surface area contributed by atoms with Crippen LogP contribution in [0.15, 0.2) is 93.3 Å². The molecule has 0 saturated heterocycles. The number of carbonyl (C=O) groups is 2. The topological polar surface area (TPSA) is 83.6 Å². The third-order valence-electron chi connectivity index (χ3n) is 5.88. The number of furan rings is 1.